The first kappa shape index (κ1) is 8.61. The van der Waals surface area contributed by atoms with E-state index in [4.69, 9.17) is 0 Å². The van der Waals surface area contributed by atoms with Gasteiger partial charge < -0.3 is 10.2 Å². The number of nitrogens with zero attached hydrogens (tertiary/aromatic N) is 3. The second-order valence-corrected chi connectivity index (χ2v) is 4.85. The van der Waals surface area contributed by atoms with Gasteiger partial charge in [-0.05, 0) is 25.3 Å². The summed E-state index contributed by atoms with van der Waals surface area (Å²) in [5, 5.41) is 4.67. The molecule has 2 fully saturated rings. The number of rotatable bonds is 1. The summed E-state index contributed by atoms with van der Waals surface area (Å²) in [6.07, 6.45) is 4.34. The molecule has 1 aromatic heterocycles. The predicted molar refractivity (Wildman–Crippen MR) is 56.6 cm³/mol. The van der Waals surface area contributed by atoms with E-state index in [1.807, 2.05) is 0 Å². The van der Waals surface area contributed by atoms with Gasteiger partial charge in [-0.1, -0.05) is 0 Å². The maximum atomic E-state index is 4.26. The summed E-state index contributed by atoms with van der Waals surface area (Å²) in [5.74, 6) is 0.827. The zero-order valence-corrected chi connectivity index (χ0v) is 8.83. The SMILES string of the molecule is c1nsc(N2C[C@@H]3CCCN[C@@H]3C2)n1. The number of nitrogens with one attached hydrogen (secondary N) is 1. The van der Waals surface area contributed by atoms with E-state index in [0.717, 1.165) is 24.1 Å². The van der Waals surface area contributed by atoms with E-state index in [1.54, 1.807) is 6.33 Å². The highest BCUT2D eigenvalue weighted by Crippen LogP contribution is 2.29. The van der Waals surface area contributed by atoms with E-state index in [0.29, 0.717) is 6.04 Å². The first-order valence-electron chi connectivity index (χ1n) is 5.18. The molecular formula is C9H14N4S. The molecule has 0 aliphatic carbocycles. The summed E-state index contributed by atoms with van der Waals surface area (Å²) in [6, 6.07) is 0.688. The second-order valence-electron chi connectivity index (χ2n) is 4.09. The molecule has 2 aliphatic rings. The lowest BCUT2D eigenvalue weighted by Gasteiger charge is -2.24. The van der Waals surface area contributed by atoms with Gasteiger partial charge in [0.05, 0.1) is 0 Å². The number of hydrogen-bond donors (Lipinski definition) is 1. The van der Waals surface area contributed by atoms with Crippen molar-refractivity contribution in [1.82, 2.24) is 14.7 Å². The van der Waals surface area contributed by atoms with Gasteiger partial charge in [0.25, 0.3) is 0 Å². The lowest BCUT2D eigenvalue weighted by atomic mass is 9.94. The van der Waals surface area contributed by atoms with Crippen LogP contribution in [0.4, 0.5) is 5.13 Å². The molecule has 4 nitrogen and oxygen atoms in total. The fourth-order valence-electron chi connectivity index (χ4n) is 2.51. The molecule has 3 rings (SSSR count). The Morgan fingerprint density at radius 3 is 3.29 bits per heavy atom. The smallest absolute Gasteiger partial charge is 0.204 e. The van der Waals surface area contributed by atoms with Crippen molar-refractivity contribution in [3.63, 3.8) is 0 Å². The van der Waals surface area contributed by atoms with Crippen molar-refractivity contribution >= 4 is 16.7 Å². The zero-order chi connectivity index (χ0) is 9.38. The van der Waals surface area contributed by atoms with Gasteiger partial charge in [-0.3, -0.25) is 0 Å². The van der Waals surface area contributed by atoms with Gasteiger partial charge in [0.2, 0.25) is 5.13 Å². The van der Waals surface area contributed by atoms with Crippen LogP contribution in [0.3, 0.4) is 0 Å². The van der Waals surface area contributed by atoms with E-state index >= 15 is 0 Å². The summed E-state index contributed by atoms with van der Waals surface area (Å²) in [7, 11) is 0. The highest BCUT2D eigenvalue weighted by Gasteiger charge is 2.35. The predicted octanol–water partition coefficient (Wildman–Crippen LogP) is 0.726. The molecule has 0 amide bonds. The number of hydrogen-bond acceptors (Lipinski definition) is 5. The maximum Gasteiger partial charge on any atom is 0.204 e. The fraction of sp³-hybridized carbons (Fsp3) is 0.778. The van der Waals surface area contributed by atoms with Crippen LogP contribution >= 0.6 is 11.5 Å². The quantitative estimate of drug-likeness (QED) is 0.742. The van der Waals surface area contributed by atoms with Gasteiger partial charge in [-0.2, -0.15) is 4.37 Å². The van der Waals surface area contributed by atoms with Crippen LogP contribution < -0.4 is 10.2 Å². The molecule has 2 aliphatic heterocycles. The highest BCUT2D eigenvalue weighted by molar-refractivity contribution is 7.09. The molecule has 0 saturated carbocycles. The minimum atomic E-state index is 0.688. The molecule has 2 saturated heterocycles. The largest absolute Gasteiger partial charge is 0.345 e. The average molecular weight is 210 g/mol. The Labute approximate surface area is 87.5 Å². The zero-order valence-electron chi connectivity index (χ0n) is 8.02. The van der Waals surface area contributed by atoms with Gasteiger partial charge in [0.15, 0.2) is 0 Å². The first-order valence-corrected chi connectivity index (χ1v) is 5.96. The van der Waals surface area contributed by atoms with Crippen molar-refractivity contribution < 1.29 is 0 Å². The van der Waals surface area contributed by atoms with Crippen molar-refractivity contribution in [2.75, 3.05) is 24.5 Å². The topological polar surface area (TPSA) is 41.1 Å². The Morgan fingerprint density at radius 1 is 1.50 bits per heavy atom. The second kappa shape index (κ2) is 3.47. The number of fused-ring (bicyclic) bond motifs is 1. The third-order valence-electron chi connectivity index (χ3n) is 3.22. The minimum absolute atomic E-state index is 0.688. The molecule has 14 heavy (non-hydrogen) atoms. The lowest BCUT2D eigenvalue weighted by molar-refractivity contribution is 0.340. The van der Waals surface area contributed by atoms with Gasteiger partial charge in [0, 0.05) is 30.7 Å². The molecule has 0 spiro atoms. The molecule has 3 heterocycles. The molecular weight excluding hydrogens is 196 g/mol. The molecule has 76 valence electrons. The van der Waals surface area contributed by atoms with E-state index < -0.39 is 0 Å². The van der Waals surface area contributed by atoms with Crippen LogP contribution in [-0.4, -0.2) is 35.0 Å². The molecule has 5 heteroatoms. The molecule has 0 bridgehead atoms. The monoisotopic (exact) mass is 210 g/mol. The molecule has 2 atom stereocenters. The Bertz CT molecular complexity index is 286. The molecule has 1 aromatic rings. The minimum Gasteiger partial charge on any atom is -0.345 e. The van der Waals surface area contributed by atoms with E-state index in [-0.39, 0.29) is 0 Å². The van der Waals surface area contributed by atoms with Crippen molar-refractivity contribution in [2.24, 2.45) is 5.92 Å². The summed E-state index contributed by atoms with van der Waals surface area (Å²) in [4.78, 5) is 6.63. The summed E-state index contributed by atoms with van der Waals surface area (Å²) < 4.78 is 4.05. The summed E-state index contributed by atoms with van der Waals surface area (Å²) >= 11 is 1.50. The maximum absolute atomic E-state index is 4.26. The third kappa shape index (κ3) is 1.40. The van der Waals surface area contributed by atoms with Crippen LogP contribution in [0.25, 0.3) is 0 Å². The van der Waals surface area contributed by atoms with Gasteiger partial charge in [-0.15, -0.1) is 0 Å². The number of anilines is 1. The van der Waals surface area contributed by atoms with E-state index in [2.05, 4.69) is 19.6 Å². The Kier molecular flexibility index (Phi) is 2.14. The van der Waals surface area contributed by atoms with E-state index in [9.17, 15) is 0 Å². The van der Waals surface area contributed by atoms with Crippen molar-refractivity contribution in [3.05, 3.63) is 6.33 Å². The molecule has 0 unspecified atom stereocenters. The van der Waals surface area contributed by atoms with Gasteiger partial charge in [-0.25, -0.2) is 4.98 Å². The van der Waals surface area contributed by atoms with Crippen LogP contribution in [0.15, 0.2) is 6.33 Å². The Hall–Kier alpha value is -0.680. The van der Waals surface area contributed by atoms with Crippen molar-refractivity contribution in [3.8, 4) is 0 Å². The highest BCUT2D eigenvalue weighted by atomic mass is 32.1. The van der Waals surface area contributed by atoms with Crippen molar-refractivity contribution in [2.45, 2.75) is 18.9 Å². The van der Waals surface area contributed by atoms with Gasteiger partial charge in [0.1, 0.15) is 6.33 Å². The van der Waals surface area contributed by atoms with Crippen LogP contribution in [0.2, 0.25) is 0 Å². The normalized spacial score (nSPS) is 31.9. The van der Waals surface area contributed by atoms with Crippen molar-refractivity contribution in [1.29, 1.82) is 0 Å². The van der Waals surface area contributed by atoms with Crippen LogP contribution in [0.5, 0.6) is 0 Å². The summed E-state index contributed by atoms with van der Waals surface area (Å²) in [6.45, 7) is 3.46. The molecule has 0 radical (unpaired) electrons. The average Bonchev–Trinajstić information content (AvgIpc) is 2.86. The standard InChI is InChI=1S/C9H14N4S/c1-2-7-4-13(5-8(7)10-3-1)9-11-6-12-14-9/h6-8,10H,1-5H2/t7-,8+/m0/s1. The van der Waals surface area contributed by atoms with Crippen LogP contribution in [0, 0.1) is 5.92 Å². The first-order chi connectivity index (χ1) is 6.93. The lowest BCUT2D eigenvalue weighted by Crippen LogP contribution is -2.40. The molecule has 1 N–H and O–H groups in total. The number of piperidine rings is 1. The fourth-order valence-corrected chi connectivity index (χ4v) is 3.06. The third-order valence-corrected chi connectivity index (χ3v) is 3.95. The van der Waals surface area contributed by atoms with Gasteiger partial charge >= 0.3 is 0 Å². The Morgan fingerprint density at radius 2 is 2.50 bits per heavy atom. The van der Waals surface area contributed by atoms with Crippen LogP contribution in [-0.2, 0) is 0 Å². The Balaban J connectivity index is 1.74. The summed E-state index contributed by atoms with van der Waals surface area (Å²) in [5.41, 5.74) is 0. The number of aromatic nitrogens is 2. The van der Waals surface area contributed by atoms with E-state index in [1.165, 1.54) is 30.9 Å². The molecule has 0 aromatic carbocycles. The van der Waals surface area contributed by atoms with Crippen LogP contribution in [0.1, 0.15) is 12.8 Å².